The molecule has 3 aliphatic rings. The Labute approximate surface area is 241 Å². The molecule has 2 aromatic carbocycles. The zero-order valence-electron chi connectivity index (χ0n) is 22.0. The Bertz CT molecular complexity index is 1720. The third-order valence-corrected chi connectivity index (χ3v) is 8.05. The maximum absolute atomic E-state index is 15.4. The average Bonchev–Trinajstić information content (AvgIpc) is 3.40. The summed E-state index contributed by atoms with van der Waals surface area (Å²) in [5.41, 5.74) is 5.05. The summed E-state index contributed by atoms with van der Waals surface area (Å²) in [6, 6.07) is 9.43. The molecule has 0 fully saturated rings. The lowest BCUT2D eigenvalue weighted by molar-refractivity contribution is -0.113. The lowest BCUT2D eigenvalue weighted by Gasteiger charge is -2.29. The van der Waals surface area contributed by atoms with Gasteiger partial charge in [-0.1, -0.05) is 67.4 Å². The number of aromatic nitrogens is 2. The molecule has 6 rings (SSSR count). The molecule has 6 nitrogen and oxygen atoms in total. The molecule has 2 aliphatic heterocycles. The van der Waals surface area contributed by atoms with Crippen molar-refractivity contribution in [1.82, 2.24) is 9.78 Å². The van der Waals surface area contributed by atoms with Crippen LogP contribution in [0.25, 0.3) is 0 Å². The van der Waals surface area contributed by atoms with Crippen LogP contribution in [0.5, 0.6) is 0 Å². The Morgan fingerprint density at radius 1 is 1.10 bits per heavy atom. The number of hydrogen-bond donors (Lipinski definition) is 0. The van der Waals surface area contributed by atoms with E-state index >= 15 is 4.39 Å². The van der Waals surface area contributed by atoms with Crippen molar-refractivity contribution in [2.75, 3.05) is 4.90 Å². The number of aliphatic imine (C=N–C) groups is 1. The predicted octanol–water partition coefficient (Wildman–Crippen LogP) is 7.16. The molecule has 0 saturated carbocycles. The number of fused-ring (bicyclic) bond motifs is 2. The SMILES string of the molecule is Cc1cc(Cl)ccc1C1c2c(nn(CC3=CC(=O)N=C4C=CC=CC34)c2C(C)C)C(=O)N1c1cccc(Cl)c1F. The maximum Gasteiger partial charge on any atom is 0.280 e. The van der Waals surface area contributed by atoms with E-state index in [-0.39, 0.29) is 34.1 Å². The molecule has 2 unspecified atom stereocenters. The number of rotatable bonds is 5. The smallest absolute Gasteiger partial charge is 0.280 e. The molecule has 202 valence electrons. The predicted molar refractivity (Wildman–Crippen MR) is 155 cm³/mol. The molecule has 0 radical (unpaired) electrons. The second-order valence-corrected chi connectivity index (χ2v) is 11.3. The van der Waals surface area contributed by atoms with Gasteiger partial charge in [-0.3, -0.25) is 19.2 Å². The summed E-state index contributed by atoms with van der Waals surface area (Å²) in [7, 11) is 0. The lowest BCUT2D eigenvalue weighted by atomic mass is 9.87. The molecular weight excluding hydrogens is 550 g/mol. The molecule has 0 bridgehead atoms. The first kappa shape index (κ1) is 26.4. The van der Waals surface area contributed by atoms with Crippen LogP contribution in [0.15, 0.2) is 77.3 Å². The number of carbonyl (C=O) groups is 2. The number of dihydropyridines is 1. The van der Waals surface area contributed by atoms with E-state index in [0.717, 1.165) is 22.4 Å². The standard InChI is InChI=1S/C31H25Cl2FN4O2/c1-16(2)29-26-28(36-37(29)15-18-14-25(39)35-23-9-5-4-7-21(18)23)31(40)38(24-10-6-8-22(33)27(24)34)30(26)20-12-11-19(32)13-17(20)3/h4-14,16,21,30H,15H2,1-3H3. The summed E-state index contributed by atoms with van der Waals surface area (Å²) in [5, 5.41) is 5.30. The van der Waals surface area contributed by atoms with Crippen LogP contribution in [0.2, 0.25) is 10.0 Å². The molecule has 1 aromatic heterocycles. The van der Waals surface area contributed by atoms with E-state index in [4.69, 9.17) is 28.3 Å². The fraction of sp³-hybridized carbons (Fsp3) is 0.226. The highest BCUT2D eigenvalue weighted by molar-refractivity contribution is 6.31. The topological polar surface area (TPSA) is 67.6 Å². The van der Waals surface area contributed by atoms with Crippen molar-refractivity contribution in [2.24, 2.45) is 10.9 Å². The molecule has 2 atom stereocenters. The molecule has 0 spiro atoms. The van der Waals surface area contributed by atoms with Crippen LogP contribution in [0.1, 0.15) is 58.7 Å². The number of hydrogen-bond acceptors (Lipinski definition) is 3. The molecule has 2 amide bonds. The van der Waals surface area contributed by atoms with Crippen LogP contribution >= 0.6 is 23.2 Å². The first-order chi connectivity index (χ1) is 19.2. The molecule has 1 aliphatic carbocycles. The summed E-state index contributed by atoms with van der Waals surface area (Å²) in [4.78, 5) is 32.1. The lowest BCUT2D eigenvalue weighted by Crippen LogP contribution is -2.32. The number of allylic oxidation sites excluding steroid dienone is 5. The quantitative estimate of drug-likeness (QED) is 0.324. The van der Waals surface area contributed by atoms with Gasteiger partial charge in [-0.15, -0.1) is 0 Å². The molecular formula is C31H25Cl2FN4O2. The van der Waals surface area contributed by atoms with E-state index < -0.39 is 17.8 Å². The van der Waals surface area contributed by atoms with Crippen molar-refractivity contribution in [3.63, 3.8) is 0 Å². The highest BCUT2D eigenvalue weighted by Crippen LogP contribution is 2.47. The molecule has 3 heterocycles. The third kappa shape index (κ3) is 4.25. The van der Waals surface area contributed by atoms with Gasteiger partial charge in [-0.25, -0.2) is 9.38 Å². The van der Waals surface area contributed by atoms with E-state index in [1.807, 2.05) is 61.9 Å². The third-order valence-electron chi connectivity index (χ3n) is 7.53. The minimum Gasteiger partial charge on any atom is -0.292 e. The van der Waals surface area contributed by atoms with Gasteiger partial charge in [0.15, 0.2) is 11.5 Å². The summed E-state index contributed by atoms with van der Waals surface area (Å²) in [6.45, 7) is 6.28. The normalized spacial score (nSPS) is 19.7. The van der Waals surface area contributed by atoms with Crippen LogP contribution in [-0.2, 0) is 11.3 Å². The number of anilines is 1. The van der Waals surface area contributed by atoms with Crippen molar-refractivity contribution < 1.29 is 14.0 Å². The van der Waals surface area contributed by atoms with E-state index in [0.29, 0.717) is 22.8 Å². The first-order valence-electron chi connectivity index (χ1n) is 13.0. The first-order valence-corrected chi connectivity index (χ1v) is 13.7. The highest BCUT2D eigenvalue weighted by Gasteiger charge is 2.46. The Balaban J connectivity index is 1.53. The van der Waals surface area contributed by atoms with Gasteiger partial charge in [0.05, 0.1) is 29.0 Å². The fourth-order valence-corrected chi connectivity index (χ4v) is 6.25. The molecule has 0 saturated heterocycles. The fourth-order valence-electron chi connectivity index (χ4n) is 5.85. The zero-order chi connectivity index (χ0) is 28.3. The Morgan fingerprint density at radius 3 is 2.65 bits per heavy atom. The molecule has 3 aromatic rings. The number of halogens is 3. The summed E-state index contributed by atoms with van der Waals surface area (Å²) >= 11 is 12.4. The summed E-state index contributed by atoms with van der Waals surface area (Å²) < 4.78 is 17.2. The largest absolute Gasteiger partial charge is 0.292 e. The molecule has 9 heteroatoms. The number of nitrogens with zero attached hydrogens (tertiary/aromatic N) is 4. The number of aryl methyl sites for hydroxylation is 1. The van der Waals surface area contributed by atoms with E-state index in [1.54, 1.807) is 24.3 Å². The number of carbonyl (C=O) groups excluding carboxylic acids is 2. The van der Waals surface area contributed by atoms with Crippen molar-refractivity contribution in [1.29, 1.82) is 0 Å². The van der Waals surface area contributed by atoms with E-state index in [1.165, 1.54) is 11.0 Å². The highest BCUT2D eigenvalue weighted by atomic mass is 35.5. The number of benzene rings is 2. The van der Waals surface area contributed by atoms with Crippen LogP contribution < -0.4 is 4.90 Å². The van der Waals surface area contributed by atoms with Gasteiger partial charge in [-0.05, 0) is 59.9 Å². The number of amides is 2. The van der Waals surface area contributed by atoms with Gasteiger partial charge >= 0.3 is 0 Å². The van der Waals surface area contributed by atoms with Crippen molar-refractivity contribution >= 4 is 46.4 Å². The van der Waals surface area contributed by atoms with E-state index in [9.17, 15) is 9.59 Å². The zero-order valence-corrected chi connectivity index (χ0v) is 23.5. The average molecular weight is 575 g/mol. The van der Waals surface area contributed by atoms with Gasteiger partial charge in [-0.2, -0.15) is 5.10 Å². The van der Waals surface area contributed by atoms with Crippen LogP contribution in [0, 0.1) is 18.7 Å². The van der Waals surface area contributed by atoms with Gasteiger partial charge in [0, 0.05) is 28.3 Å². The van der Waals surface area contributed by atoms with Gasteiger partial charge in [0.2, 0.25) is 0 Å². The van der Waals surface area contributed by atoms with Gasteiger partial charge in [0.1, 0.15) is 0 Å². The molecule has 40 heavy (non-hydrogen) atoms. The Hall–Kier alpha value is -3.81. The second-order valence-electron chi connectivity index (χ2n) is 10.4. The van der Waals surface area contributed by atoms with Crippen LogP contribution in [0.3, 0.4) is 0 Å². The van der Waals surface area contributed by atoms with Gasteiger partial charge in [0.25, 0.3) is 11.8 Å². The Morgan fingerprint density at radius 2 is 1.90 bits per heavy atom. The monoisotopic (exact) mass is 574 g/mol. The minimum absolute atomic E-state index is 0.0434. The maximum atomic E-state index is 15.4. The van der Waals surface area contributed by atoms with Crippen molar-refractivity contribution in [3.05, 3.63) is 116 Å². The van der Waals surface area contributed by atoms with Crippen molar-refractivity contribution in [3.8, 4) is 0 Å². The van der Waals surface area contributed by atoms with E-state index in [2.05, 4.69) is 4.99 Å². The van der Waals surface area contributed by atoms with Crippen LogP contribution in [-0.4, -0.2) is 27.3 Å². The Kier molecular flexibility index (Phi) is 6.59. The summed E-state index contributed by atoms with van der Waals surface area (Å²) in [5.74, 6) is -1.61. The van der Waals surface area contributed by atoms with Crippen LogP contribution in [0.4, 0.5) is 10.1 Å². The van der Waals surface area contributed by atoms with Crippen molar-refractivity contribution in [2.45, 2.75) is 39.3 Å². The summed E-state index contributed by atoms with van der Waals surface area (Å²) in [6.07, 6.45) is 9.17. The minimum atomic E-state index is -0.673. The second kappa shape index (κ2) is 9.98. The van der Waals surface area contributed by atoms with Gasteiger partial charge < -0.3 is 0 Å². The molecule has 0 N–H and O–H groups in total.